The maximum Gasteiger partial charge on any atom is 0.268 e. The number of benzene rings is 2. The number of nitrogens with one attached hydrogen (secondary N) is 1. The predicted molar refractivity (Wildman–Crippen MR) is 116 cm³/mol. The van der Waals surface area contributed by atoms with E-state index in [1.807, 2.05) is 24.3 Å². The van der Waals surface area contributed by atoms with E-state index in [9.17, 15) is 9.59 Å². The van der Waals surface area contributed by atoms with Gasteiger partial charge in [-0.1, -0.05) is 44.9 Å². The molecular weight excluding hydrogens is 364 g/mol. The highest BCUT2D eigenvalue weighted by Crippen LogP contribution is 2.26. The van der Waals surface area contributed by atoms with Gasteiger partial charge in [0.05, 0.1) is 0 Å². The van der Waals surface area contributed by atoms with E-state index < -0.39 is 6.10 Å². The minimum Gasteiger partial charge on any atom is -0.481 e. The molecule has 0 aromatic heterocycles. The number of carbonyl (C=O) groups is 2. The van der Waals surface area contributed by atoms with Gasteiger partial charge in [-0.15, -0.1) is 6.42 Å². The van der Waals surface area contributed by atoms with Crippen molar-refractivity contribution < 1.29 is 14.3 Å². The van der Waals surface area contributed by atoms with E-state index in [1.165, 1.54) is 11.9 Å². The van der Waals surface area contributed by atoms with Crippen LogP contribution in [0.2, 0.25) is 0 Å². The summed E-state index contributed by atoms with van der Waals surface area (Å²) in [6, 6.07) is 14.7. The molecule has 2 aromatic rings. The lowest BCUT2D eigenvalue weighted by Crippen LogP contribution is -2.45. The van der Waals surface area contributed by atoms with E-state index in [0.29, 0.717) is 17.0 Å². The van der Waals surface area contributed by atoms with Crippen LogP contribution in [-0.2, 0) is 15.0 Å². The Labute approximate surface area is 173 Å². The third-order valence-electron chi connectivity index (χ3n) is 4.53. The summed E-state index contributed by atoms with van der Waals surface area (Å²) >= 11 is 0. The van der Waals surface area contributed by atoms with Crippen molar-refractivity contribution in [2.75, 3.05) is 18.5 Å². The monoisotopic (exact) mass is 392 g/mol. The molecule has 0 bridgehead atoms. The zero-order valence-electron chi connectivity index (χ0n) is 17.7. The van der Waals surface area contributed by atoms with Gasteiger partial charge in [0.1, 0.15) is 12.3 Å². The number of amides is 2. The number of likely N-dealkylation sites (N-methyl/N-ethyl adjacent to an activating group) is 1. The number of carbonyl (C=O) groups excluding carboxylic acids is 2. The number of hydrogen-bond acceptors (Lipinski definition) is 3. The molecule has 2 amide bonds. The fraction of sp³-hybridized carbons (Fsp3) is 0.333. The molecule has 0 saturated heterocycles. The Morgan fingerprint density at radius 1 is 1.17 bits per heavy atom. The maximum absolute atomic E-state index is 13.2. The van der Waals surface area contributed by atoms with Crippen LogP contribution in [0.5, 0.6) is 5.75 Å². The highest BCUT2D eigenvalue weighted by Gasteiger charge is 2.26. The zero-order chi connectivity index (χ0) is 21.6. The Kier molecular flexibility index (Phi) is 7.06. The van der Waals surface area contributed by atoms with Gasteiger partial charge in [0.25, 0.3) is 5.91 Å². The van der Waals surface area contributed by atoms with E-state index in [4.69, 9.17) is 11.2 Å². The second kappa shape index (κ2) is 9.29. The summed E-state index contributed by atoms with van der Waals surface area (Å²) in [7, 11) is 1.53. The predicted octanol–water partition coefficient (Wildman–Crippen LogP) is 3.51. The summed E-state index contributed by atoms with van der Waals surface area (Å²) in [5, 5.41) is 2.55. The number of nitrogens with zero attached hydrogens (tertiary/aromatic N) is 1. The zero-order valence-corrected chi connectivity index (χ0v) is 17.7. The van der Waals surface area contributed by atoms with Gasteiger partial charge in [0.2, 0.25) is 5.91 Å². The van der Waals surface area contributed by atoms with Crippen molar-refractivity contribution in [2.24, 2.45) is 0 Å². The normalized spacial score (nSPS) is 11.9. The molecule has 5 nitrogen and oxygen atoms in total. The van der Waals surface area contributed by atoms with Crippen LogP contribution in [-0.4, -0.2) is 31.5 Å². The van der Waals surface area contributed by atoms with Crippen molar-refractivity contribution in [3.05, 3.63) is 59.7 Å². The van der Waals surface area contributed by atoms with E-state index in [-0.39, 0.29) is 23.8 Å². The summed E-state index contributed by atoms with van der Waals surface area (Å²) in [6.07, 6.45) is 4.69. The highest BCUT2D eigenvalue weighted by molar-refractivity contribution is 6.01. The number of terminal acetylenes is 1. The van der Waals surface area contributed by atoms with Crippen molar-refractivity contribution in [3.63, 3.8) is 0 Å². The van der Waals surface area contributed by atoms with Crippen LogP contribution < -0.4 is 15.0 Å². The lowest BCUT2D eigenvalue weighted by Gasteiger charge is -2.26. The first-order valence-electron chi connectivity index (χ1n) is 9.51. The molecule has 0 radical (unpaired) electrons. The smallest absolute Gasteiger partial charge is 0.268 e. The summed E-state index contributed by atoms with van der Waals surface area (Å²) < 4.78 is 5.92. The molecule has 0 heterocycles. The number of ether oxygens (including phenoxy) is 1. The minimum atomic E-state index is -0.788. The molecule has 0 fully saturated rings. The van der Waals surface area contributed by atoms with Gasteiger partial charge >= 0.3 is 0 Å². The van der Waals surface area contributed by atoms with Crippen molar-refractivity contribution >= 4 is 17.5 Å². The fourth-order valence-corrected chi connectivity index (χ4v) is 2.79. The third-order valence-corrected chi connectivity index (χ3v) is 4.53. The first-order valence-corrected chi connectivity index (χ1v) is 9.51. The Morgan fingerprint density at radius 2 is 1.86 bits per heavy atom. The molecule has 0 spiro atoms. The molecule has 0 aliphatic carbocycles. The second-order valence-corrected chi connectivity index (χ2v) is 7.83. The van der Waals surface area contributed by atoms with E-state index in [2.05, 4.69) is 32.0 Å². The van der Waals surface area contributed by atoms with Crippen molar-refractivity contribution in [2.45, 2.75) is 39.2 Å². The molecule has 5 heteroatoms. The first-order chi connectivity index (χ1) is 13.7. The van der Waals surface area contributed by atoms with Gasteiger partial charge < -0.3 is 10.1 Å². The van der Waals surface area contributed by atoms with Gasteiger partial charge in [-0.25, -0.2) is 0 Å². The summed E-state index contributed by atoms with van der Waals surface area (Å²) in [5.74, 6) is 2.54. The molecule has 0 aliphatic heterocycles. The SMILES string of the molecule is C#Cc1cccc(N(CC(=O)NC)C(=O)C(C)Oc2cccc(C(C)(C)C)c2)c1. The van der Waals surface area contributed by atoms with Crippen LogP contribution in [0, 0.1) is 12.3 Å². The summed E-state index contributed by atoms with van der Waals surface area (Å²) in [4.78, 5) is 26.5. The number of anilines is 1. The molecule has 152 valence electrons. The molecule has 1 unspecified atom stereocenters. The average molecular weight is 392 g/mol. The van der Waals surface area contributed by atoms with E-state index in [0.717, 1.165) is 5.56 Å². The molecule has 29 heavy (non-hydrogen) atoms. The van der Waals surface area contributed by atoms with Crippen LogP contribution in [0.25, 0.3) is 0 Å². The van der Waals surface area contributed by atoms with Crippen molar-refractivity contribution in [1.82, 2.24) is 5.32 Å². The van der Waals surface area contributed by atoms with Crippen LogP contribution >= 0.6 is 0 Å². The lowest BCUT2D eigenvalue weighted by molar-refractivity contribution is -0.127. The maximum atomic E-state index is 13.2. The number of hydrogen-bond donors (Lipinski definition) is 1. The average Bonchev–Trinajstić information content (AvgIpc) is 2.70. The molecular formula is C24H28N2O3. The van der Waals surface area contributed by atoms with Gasteiger partial charge in [0, 0.05) is 18.3 Å². The molecule has 1 N–H and O–H groups in total. The van der Waals surface area contributed by atoms with Crippen LogP contribution in [0.4, 0.5) is 5.69 Å². The lowest BCUT2D eigenvalue weighted by atomic mass is 9.87. The summed E-state index contributed by atoms with van der Waals surface area (Å²) in [5.41, 5.74) is 2.25. The van der Waals surface area contributed by atoms with Gasteiger partial charge in [-0.3, -0.25) is 14.5 Å². The minimum absolute atomic E-state index is 0.0342. The first kappa shape index (κ1) is 22.0. The second-order valence-electron chi connectivity index (χ2n) is 7.83. The Balaban J connectivity index is 2.28. The molecule has 0 aliphatic rings. The van der Waals surface area contributed by atoms with E-state index in [1.54, 1.807) is 31.2 Å². The Hall–Kier alpha value is -3.26. The van der Waals surface area contributed by atoms with Crippen LogP contribution in [0.15, 0.2) is 48.5 Å². The van der Waals surface area contributed by atoms with Crippen LogP contribution in [0.1, 0.15) is 38.8 Å². The van der Waals surface area contributed by atoms with Gasteiger partial charge in [-0.05, 0) is 48.2 Å². The molecule has 2 aromatic carbocycles. The Bertz CT molecular complexity index is 922. The summed E-state index contributed by atoms with van der Waals surface area (Å²) in [6.45, 7) is 7.89. The largest absolute Gasteiger partial charge is 0.481 e. The third kappa shape index (κ3) is 5.86. The molecule has 0 saturated carbocycles. The standard InChI is InChI=1S/C24H28N2O3/c1-7-18-10-8-12-20(14-18)26(16-22(27)25-6)23(28)17(2)29-21-13-9-11-19(15-21)24(3,4)5/h1,8-15,17H,16H2,2-6H3,(H,25,27). The fourth-order valence-electron chi connectivity index (χ4n) is 2.79. The van der Waals surface area contributed by atoms with E-state index >= 15 is 0 Å². The topological polar surface area (TPSA) is 58.6 Å². The molecule has 1 atom stereocenters. The van der Waals surface area contributed by atoms with Gasteiger partial charge in [-0.2, -0.15) is 0 Å². The van der Waals surface area contributed by atoms with Crippen molar-refractivity contribution in [3.8, 4) is 18.1 Å². The van der Waals surface area contributed by atoms with Crippen LogP contribution in [0.3, 0.4) is 0 Å². The van der Waals surface area contributed by atoms with Gasteiger partial charge in [0.15, 0.2) is 6.10 Å². The Morgan fingerprint density at radius 3 is 2.48 bits per heavy atom. The molecule has 2 rings (SSSR count). The quantitative estimate of drug-likeness (QED) is 0.766. The van der Waals surface area contributed by atoms with Crippen molar-refractivity contribution in [1.29, 1.82) is 0 Å². The highest BCUT2D eigenvalue weighted by atomic mass is 16.5. The number of rotatable bonds is 6.